The fraction of sp³-hybridized carbons (Fsp3) is 0.588. The van der Waals surface area contributed by atoms with Gasteiger partial charge in [0.25, 0.3) is 0 Å². The zero-order valence-corrected chi connectivity index (χ0v) is 14.5. The van der Waals surface area contributed by atoms with Gasteiger partial charge in [-0.05, 0) is 45.7 Å². The highest BCUT2D eigenvalue weighted by Gasteiger charge is 2.25. The SMILES string of the molecule is CNc1c(N)cccc1N1CCCC(NC(=O)OC(C)(C)C)C1. The summed E-state index contributed by atoms with van der Waals surface area (Å²) in [6, 6.07) is 5.97. The van der Waals surface area contributed by atoms with Gasteiger partial charge in [0.2, 0.25) is 0 Å². The molecule has 4 N–H and O–H groups in total. The van der Waals surface area contributed by atoms with Crippen LogP contribution in [0.4, 0.5) is 21.9 Å². The van der Waals surface area contributed by atoms with Crippen molar-refractivity contribution in [2.45, 2.75) is 45.3 Å². The molecule has 6 nitrogen and oxygen atoms in total. The van der Waals surface area contributed by atoms with Crippen molar-refractivity contribution >= 4 is 23.2 Å². The number of hydrogen-bond acceptors (Lipinski definition) is 5. The standard InChI is InChI=1S/C17H28N4O2/c1-17(2,3)23-16(22)20-12-7-6-10-21(11-12)14-9-5-8-13(18)15(14)19-4/h5,8-9,12,19H,6-7,10-11,18H2,1-4H3,(H,20,22). The molecule has 128 valence electrons. The molecule has 1 atom stereocenters. The van der Waals surface area contributed by atoms with Crippen molar-refractivity contribution in [3.05, 3.63) is 18.2 Å². The van der Waals surface area contributed by atoms with Gasteiger partial charge in [0.15, 0.2) is 0 Å². The summed E-state index contributed by atoms with van der Waals surface area (Å²) in [6.07, 6.45) is 1.61. The van der Waals surface area contributed by atoms with Gasteiger partial charge < -0.3 is 26.0 Å². The zero-order valence-electron chi connectivity index (χ0n) is 14.5. The van der Waals surface area contributed by atoms with E-state index < -0.39 is 5.60 Å². The van der Waals surface area contributed by atoms with Crippen molar-refractivity contribution in [2.24, 2.45) is 0 Å². The summed E-state index contributed by atoms with van der Waals surface area (Å²) in [5.74, 6) is 0. The summed E-state index contributed by atoms with van der Waals surface area (Å²) < 4.78 is 5.34. The van der Waals surface area contributed by atoms with E-state index in [-0.39, 0.29) is 12.1 Å². The van der Waals surface area contributed by atoms with Gasteiger partial charge in [0.1, 0.15) is 5.60 Å². The van der Waals surface area contributed by atoms with E-state index in [0.29, 0.717) is 0 Å². The Morgan fingerprint density at radius 1 is 1.39 bits per heavy atom. The van der Waals surface area contributed by atoms with E-state index in [0.717, 1.165) is 43.0 Å². The molecule has 6 heteroatoms. The first-order chi connectivity index (χ1) is 10.8. The first-order valence-electron chi connectivity index (χ1n) is 8.11. The molecule has 0 spiro atoms. The summed E-state index contributed by atoms with van der Waals surface area (Å²) in [7, 11) is 1.87. The van der Waals surface area contributed by atoms with Gasteiger partial charge in [-0.3, -0.25) is 0 Å². The van der Waals surface area contributed by atoms with E-state index in [1.165, 1.54) is 0 Å². The number of rotatable bonds is 3. The summed E-state index contributed by atoms with van der Waals surface area (Å²) >= 11 is 0. The number of benzene rings is 1. The van der Waals surface area contributed by atoms with E-state index in [2.05, 4.69) is 21.6 Å². The third-order valence-electron chi connectivity index (χ3n) is 3.81. The van der Waals surface area contributed by atoms with Crippen LogP contribution in [0, 0.1) is 0 Å². The van der Waals surface area contributed by atoms with Crippen LogP contribution in [-0.2, 0) is 4.74 Å². The zero-order chi connectivity index (χ0) is 17.0. The van der Waals surface area contributed by atoms with Crippen LogP contribution < -0.4 is 21.3 Å². The number of nitrogens with two attached hydrogens (primary N) is 1. The Kier molecular flexibility index (Phi) is 5.23. The third-order valence-corrected chi connectivity index (χ3v) is 3.81. The summed E-state index contributed by atoms with van der Waals surface area (Å²) in [4.78, 5) is 14.2. The number of amides is 1. The highest BCUT2D eigenvalue weighted by Crippen LogP contribution is 2.32. The van der Waals surface area contributed by atoms with Crippen LogP contribution in [0.15, 0.2) is 18.2 Å². The van der Waals surface area contributed by atoms with Gasteiger partial charge in [0.05, 0.1) is 17.1 Å². The topological polar surface area (TPSA) is 79.6 Å². The third kappa shape index (κ3) is 4.68. The van der Waals surface area contributed by atoms with E-state index in [1.807, 2.05) is 40.0 Å². The van der Waals surface area contributed by atoms with Crippen molar-refractivity contribution < 1.29 is 9.53 Å². The Labute approximate surface area is 138 Å². The number of carbonyl (C=O) groups excluding carboxylic acids is 1. The molecular weight excluding hydrogens is 292 g/mol. The largest absolute Gasteiger partial charge is 0.444 e. The lowest BCUT2D eigenvalue weighted by Gasteiger charge is -2.36. The monoisotopic (exact) mass is 320 g/mol. The average molecular weight is 320 g/mol. The number of nitrogens with zero attached hydrogens (tertiary/aromatic N) is 1. The number of para-hydroxylation sites is 1. The highest BCUT2D eigenvalue weighted by molar-refractivity contribution is 5.81. The number of alkyl carbamates (subject to hydrolysis) is 1. The molecule has 1 saturated heterocycles. The minimum Gasteiger partial charge on any atom is -0.444 e. The molecule has 1 aliphatic heterocycles. The lowest BCUT2D eigenvalue weighted by atomic mass is 10.0. The summed E-state index contributed by atoms with van der Waals surface area (Å²) in [5, 5.41) is 6.14. The molecule has 2 rings (SSSR count). The Morgan fingerprint density at radius 3 is 2.78 bits per heavy atom. The van der Waals surface area contributed by atoms with Gasteiger partial charge in [-0.2, -0.15) is 0 Å². The van der Waals surface area contributed by atoms with Crippen LogP contribution in [-0.4, -0.2) is 37.9 Å². The van der Waals surface area contributed by atoms with Crippen molar-refractivity contribution in [1.29, 1.82) is 0 Å². The Balaban J connectivity index is 2.04. The van der Waals surface area contributed by atoms with Crippen molar-refractivity contribution in [3.63, 3.8) is 0 Å². The smallest absolute Gasteiger partial charge is 0.407 e. The first-order valence-corrected chi connectivity index (χ1v) is 8.11. The predicted octanol–water partition coefficient (Wildman–Crippen LogP) is 2.80. The number of hydrogen-bond donors (Lipinski definition) is 3. The maximum atomic E-state index is 12.0. The molecule has 1 aliphatic rings. The van der Waals surface area contributed by atoms with E-state index in [4.69, 9.17) is 10.5 Å². The molecule has 1 aromatic carbocycles. The molecule has 1 aromatic rings. The molecule has 0 saturated carbocycles. The minimum absolute atomic E-state index is 0.0738. The second-order valence-electron chi connectivity index (χ2n) is 6.92. The van der Waals surface area contributed by atoms with Crippen molar-refractivity contribution in [3.8, 4) is 0 Å². The number of piperidine rings is 1. The molecule has 1 heterocycles. The predicted molar refractivity (Wildman–Crippen MR) is 95.0 cm³/mol. The molecular formula is C17H28N4O2. The number of nitrogen functional groups attached to an aromatic ring is 1. The van der Waals surface area contributed by atoms with Crippen LogP contribution in [0.5, 0.6) is 0 Å². The maximum Gasteiger partial charge on any atom is 0.407 e. The summed E-state index contributed by atoms with van der Waals surface area (Å²) in [5.41, 5.74) is 8.30. The van der Waals surface area contributed by atoms with E-state index in [1.54, 1.807) is 0 Å². The Bertz CT molecular complexity index is 554. The average Bonchev–Trinajstić information content (AvgIpc) is 2.45. The second kappa shape index (κ2) is 6.98. The number of carbonyl (C=O) groups is 1. The molecule has 0 aromatic heterocycles. The van der Waals surface area contributed by atoms with Gasteiger partial charge in [0, 0.05) is 26.2 Å². The van der Waals surface area contributed by atoms with Gasteiger partial charge in [-0.15, -0.1) is 0 Å². The van der Waals surface area contributed by atoms with Crippen LogP contribution in [0.3, 0.4) is 0 Å². The lowest BCUT2D eigenvalue weighted by molar-refractivity contribution is 0.0500. The molecule has 1 unspecified atom stereocenters. The van der Waals surface area contributed by atoms with Crippen molar-refractivity contribution in [2.75, 3.05) is 36.1 Å². The molecule has 1 fully saturated rings. The summed E-state index contributed by atoms with van der Waals surface area (Å²) in [6.45, 7) is 7.30. The fourth-order valence-corrected chi connectivity index (χ4v) is 2.88. The number of anilines is 3. The van der Waals surface area contributed by atoms with Crippen LogP contribution in [0.1, 0.15) is 33.6 Å². The highest BCUT2D eigenvalue weighted by atomic mass is 16.6. The van der Waals surface area contributed by atoms with E-state index >= 15 is 0 Å². The second-order valence-corrected chi connectivity index (χ2v) is 6.92. The van der Waals surface area contributed by atoms with Crippen LogP contribution in [0.25, 0.3) is 0 Å². The first kappa shape index (κ1) is 17.2. The molecule has 0 radical (unpaired) electrons. The fourth-order valence-electron chi connectivity index (χ4n) is 2.88. The van der Waals surface area contributed by atoms with Gasteiger partial charge >= 0.3 is 6.09 Å². The van der Waals surface area contributed by atoms with Crippen LogP contribution in [0.2, 0.25) is 0 Å². The molecule has 0 bridgehead atoms. The minimum atomic E-state index is -0.481. The molecule has 0 aliphatic carbocycles. The van der Waals surface area contributed by atoms with Crippen LogP contribution >= 0.6 is 0 Å². The van der Waals surface area contributed by atoms with Gasteiger partial charge in [-0.25, -0.2) is 4.79 Å². The quantitative estimate of drug-likeness (QED) is 0.746. The normalized spacial score (nSPS) is 18.4. The van der Waals surface area contributed by atoms with E-state index in [9.17, 15) is 4.79 Å². The van der Waals surface area contributed by atoms with Crippen molar-refractivity contribution in [1.82, 2.24) is 5.32 Å². The lowest BCUT2D eigenvalue weighted by Crippen LogP contribution is -2.49. The number of ether oxygens (including phenoxy) is 1. The number of nitrogens with one attached hydrogen (secondary N) is 2. The van der Waals surface area contributed by atoms with Gasteiger partial charge in [-0.1, -0.05) is 6.07 Å². The Morgan fingerprint density at radius 2 is 2.13 bits per heavy atom. The maximum absolute atomic E-state index is 12.0. The molecule has 23 heavy (non-hydrogen) atoms. The Hall–Kier alpha value is -2.11. The molecule has 1 amide bonds.